The molecule has 0 unspecified atom stereocenters. The minimum Gasteiger partial charge on any atom is -0.412 e. The van der Waals surface area contributed by atoms with E-state index in [1.54, 1.807) is 6.92 Å². The molecule has 0 heterocycles. The molecular formula is C9H20O2. The molecule has 0 bridgehead atoms. The van der Waals surface area contributed by atoms with Crippen molar-refractivity contribution in [3.05, 3.63) is 0 Å². The second-order valence-corrected chi connectivity index (χ2v) is 2.87. The third-order valence-corrected chi connectivity index (χ3v) is 1.63. The molecule has 2 heteroatoms. The minimum atomic E-state index is 0. The van der Waals surface area contributed by atoms with Crippen LogP contribution in [0.4, 0.5) is 0 Å². The van der Waals surface area contributed by atoms with Gasteiger partial charge in [0.15, 0.2) is 0 Å². The molecule has 0 saturated carbocycles. The average Bonchev–Trinajstić information content (AvgIpc) is 1.87. The molecule has 0 aromatic heterocycles. The summed E-state index contributed by atoms with van der Waals surface area (Å²) in [4.78, 5) is 10.5. The van der Waals surface area contributed by atoms with Gasteiger partial charge in [0.2, 0.25) is 0 Å². The third kappa shape index (κ3) is 12.8. The van der Waals surface area contributed by atoms with Crippen molar-refractivity contribution in [1.82, 2.24) is 0 Å². The predicted molar refractivity (Wildman–Crippen MR) is 47.7 cm³/mol. The van der Waals surface area contributed by atoms with Crippen molar-refractivity contribution in [2.45, 2.75) is 52.4 Å². The highest BCUT2D eigenvalue weighted by Crippen LogP contribution is 2.04. The molecule has 2 nitrogen and oxygen atoms in total. The molecule has 0 rings (SSSR count). The monoisotopic (exact) mass is 160 g/mol. The van der Waals surface area contributed by atoms with Gasteiger partial charge in [-0.15, -0.1) is 0 Å². The number of rotatable bonds is 6. The van der Waals surface area contributed by atoms with Crippen molar-refractivity contribution in [3.63, 3.8) is 0 Å². The summed E-state index contributed by atoms with van der Waals surface area (Å²) in [5, 5.41) is 0. The molecule has 0 spiro atoms. The number of carbonyl (C=O) groups is 1. The third-order valence-electron chi connectivity index (χ3n) is 1.63. The fraction of sp³-hybridized carbons (Fsp3) is 0.889. The molecule has 11 heavy (non-hydrogen) atoms. The van der Waals surface area contributed by atoms with Crippen molar-refractivity contribution in [2.75, 3.05) is 0 Å². The van der Waals surface area contributed by atoms with E-state index in [1.165, 1.54) is 25.7 Å². The Kier molecular flexibility index (Phi) is 11.6. The van der Waals surface area contributed by atoms with Crippen molar-refractivity contribution in [3.8, 4) is 0 Å². The average molecular weight is 160 g/mol. The zero-order valence-electron chi connectivity index (χ0n) is 7.65. The first-order valence-electron chi connectivity index (χ1n) is 4.26. The van der Waals surface area contributed by atoms with Crippen LogP contribution in [0.15, 0.2) is 0 Å². The Bertz CT molecular complexity index is 89.6. The molecule has 0 fully saturated rings. The Morgan fingerprint density at radius 3 is 2.09 bits per heavy atom. The summed E-state index contributed by atoms with van der Waals surface area (Å²) < 4.78 is 0. The molecule has 0 aliphatic heterocycles. The molecule has 68 valence electrons. The Labute approximate surface area is 69.3 Å². The first kappa shape index (κ1) is 13.2. The number of unbranched alkanes of at least 4 members (excludes halogenated alkanes) is 4. The molecule has 0 amide bonds. The van der Waals surface area contributed by atoms with Crippen molar-refractivity contribution in [2.24, 2.45) is 0 Å². The van der Waals surface area contributed by atoms with Gasteiger partial charge in [0.25, 0.3) is 0 Å². The lowest BCUT2D eigenvalue weighted by Gasteiger charge is -1.95. The number of carbonyl (C=O) groups excluding carboxylic acids is 1. The van der Waals surface area contributed by atoms with Crippen molar-refractivity contribution < 1.29 is 10.3 Å². The van der Waals surface area contributed by atoms with E-state index in [0.29, 0.717) is 5.78 Å². The quantitative estimate of drug-likeness (QED) is 0.549. The number of hydrogen-bond donors (Lipinski definition) is 0. The number of hydrogen-bond acceptors (Lipinski definition) is 1. The van der Waals surface area contributed by atoms with Crippen LogP contribution in [0.1, 0.15) is 52.4 Å². The van der Waals surface area contributed by atoms with E-state index in [9.17, 15) is 4.79 Å². The van der Waals surface area contributed by atoms with Crippen LogP contribution in [0.3, 0.4) is 0 Å². The van der Waals surface area contributed by atoms with Gasteiger partial charge in [0.05, 0.1) is 0 Å². The molecule has 0 aromatic rings. The van der Waals surface area contributed by atoms with Crippen LogP contribution in [0.25, 0.3) is 0 Å². The van der Waals surface area contributed by atoms with Crippen LogP contribution in [-0.4, -0.2) is 11.3 Å². The Hall–Kier alpha value is -0.370. The van der Waals surface area contributed by atoms with E-state index < -0.39 is 0 Å². The van der Waals surface area contributed by atoms with Gasteiger partial charge in [-0.1, -0.05) is 32.6 Å². The number of ketones is 1. The SMILES string of the molecule is CCCCCCCC(C)=O.O. The molecule has 0 radical (unpaired) electrons. The Morgan fingerprint density at radius 2 is 1.64 bits per heavy atom. The fourth-order valence-electron chi connectivity index (χ4n) is 0.977. The van der Waals surface area contributed by atoms with E-state index >= 15 is 0 Å². The topological polar surface area (TPSA) is 48.6 Å². The van der Waals surface area contributed by atoms with Gasteiger partial charge in [-0.3, -0.25) is 0 Å². The van der Waals surface area contributed by atoms with E-state index in [1.807, 2.05) is 0 Å². The summed E-state index contributed by atoms with van der Waals surface area (Å²) in [7, 11) is 0. The first-order valence-corrected chi connectivity index (χ1v) is 4.26. The van der Waals surface area contributed by atoms with Gasteiger partial charge in [-0.05, 0) is 13.3 Å². The normalized spacial score (nSPS) is 8.91. The molecular weight excluding hydrogens is 140 g/mol. The fourth-order valence-corrected chi connectivity index (χ4v) is 0.977. The smallest absolute Gasteiger partial charge is 0.129 e. The maximum Gasteiger partial charge on any atom is 0.129 e. The van der Waals surface area contributed by atoms with Crippen molar-refractivity contribution >= 4 is 5.78 Å². The highest BCUT2D eigenvalue weighted by atomic mass is 16.1. The lowest BCUT2D eigenvalue weighted by atomic mass is 10.1. The van der Waals surface area contributed by atoms with Gasteiger partial charge >= 0.3 is 0 Å². The standard InChI is InChI=1S/C9H18O.H2O/c1-3-4-5-6-7-8-9(2)10;/h3-8H2,1-2H3;1H2. The minimum absolute atomic E-state index is 0. The second kappa shape index (κ2) is 9.63. The molecule has 0 aliphatic rings. The summed E-state index contributed by atoms with van der Waals surface area (Å²) >= 11 is 0. The van der Waals surface area contributed by atoms with Crippen LogP contribution in [0.5, 0.6) is 0 Å². The highest BCUT2D eigenvalue weighted by Gasteiger charge is 1.92. The van der Waals surface area contributed by atoms with Crippen LogP contribution in [0.2, 0.25) is 0 Å². The predicted octanol–water partition coefficient (Wildman–Crippen LogP) is 2.11. The summed E-state index contributed by atoms with van der Waals surface area (Å²) in [5.41, 5.74) is 0. The van der Waals surface area contributed by atoms with E-state index in [4.69, 9.17) is 0 Å². The molecule has 0 aromatic carbocycles. The molecule has 2 N–H and O–H groups in total. The van der Waals surface area contributed by atoms with Gasteiger partial charge in [-0.2, -0.15) is 0 Å². The summed E-state index contributed by atoms with van der Waals surface area (Å²) in [5.74, 6) is 0.330. The zero-order valence-corrected chi connectivity index (χ0v) is 7.65. The van der Waals surface area contributed by atoms with E-state index in [2.05, 4.69) is 6.92 Å². The van der Waals surface area contributed by atoms with Crippen LogP contribution in [-0.2, 0) is 4.79 Å². The molecule has 0 saturated heterocycles. The number of Topliss-reactive ketones (excluding diaryl/α,β-unsaturated/α-hetero) is 1. The lowest BCUT2D eigenvalue weighted by molar-refractivity contribution is -0.117. The van der Waals surface area contributed by atoms with E-state index in [0.717, 1.165) is 12.8 Å². The van der Waals surface area contributed by atoms with Crippen LogP contribution >= 0.6 is 0 Å². The van der Waals surface area contributed by atoms with Crippen molar-refractivity contribution in [1.29, 1.82) is 0 Å². The largest absolute Gasteiger partial charge is 0.412 e. The summed E-state index contributed by atoms with van der Waals surface area (Å²) in [6, 6.07) is 0. The summed E-state index contributed by atoms with van der Waals surface area (Å²) in [6.45, 7) is 3.87. The van der Waals surface area contributed by atoms with Gasteiger partial charge in [0.1, 0.15) is 5.78 Å². The molecule has 0 aliphatic carbocycles. The highest BCUT2D eigenvalue weighted by molar-refractivity contribution is 5.75. The molecule has 0 atom stereocenters. The Balaban J connectivity index is 0. The van der Waals surface area contributed by atoms with Gasteiger partial charge in [-0.25, -0.2) is 0 Å². The second-order valence-electron chi connectivity index (χ2n) is 2.87. The van der Waals surface area contributed by atoms with Gasteiger partial charge < -0.3 is 10.3 Å². The maximum absolute atomic E-state index is 10.5. The van der Waals surface area contributed by atoms with Crippen LogP contribution < -0.4 is 0 Å². The lowest BCUT2D eigenvalue weighted by Crippen LogP contribution is -1.88. The van der Waals surface area contributed by atoms with Gasteiger partial charge in [0, 0.05) is 6.42 Å². The zero-order chi connectivity index (χ0) is 7.82. The summed E-state index contributed by atoms with van der Waals surface area (Å²) in [6.07, 6.45) is 6.99. The van der Waals surface area contributed by atoms with E-state index in [-0.39, 0.29) is 5.48 Å². The van der Waals surface area contributed by atoms with Crippen LogP contribution in [0, 0.1) is 0 Å². The Morgan fingerprint density at radius 1 is 1.09 bits per heavy atom. The maximum atomic E-state index is 10.5. The first-order chi connectivity index (χ1) is 4.77.